The summed E-state index contributed by atoms with van der Waals surface area (Å²) in [6.45, 7) is 22.0. The molecule has 0 aromatic rings. The number of ether oxygens (including phenoxy) is 1. The lowest BCUT2D eigenvalue weighted by atomic mass is 9.71. The van der Waals surface area contributed by atoms with Crippen LogP contribution in [-0.2, 0) is 4.74 Å². The highest BCUT2D eigenvalue weighted by Crippen LogP contribution is 2.42. The average Bonchev–Trinajstić information content (AvgIpc) is 2.47. The van der Waals surface area contributed by atoms with Gasteiger partial charge in [0.2, 0.25) is 0 Å². The molecule has 3 saturated heterocycles. The van der Waals surface area contributed by atoms with Gasteiger partial charge in [-0.25, -0.2) is 0 Å². The Morgan fingerprint density at radius 2 is 1.41 bits per heavy atom. The molecular formula is C23H43N3O. The van der Waals surface area contributed by atoms with Gasteiger partial charge >= 0.3 is 0 Å². The topological polar surface area (TPSA) is 19.0 Å². The average molecular weight is 378 g/mol. The Morgan fingerprint density at radius 1 is 0.889 bits per heavy atom. The summed E-state index contributed by atoms with van der Waals surface area (Å²) in [5, 5.41) is 0. The molecule has 4 nitrogen and oxygen atoms in total. The molecular weight excluding hydrogens is 334 g/mol. The zero-order chi connectivity index (χ0) is 19.2. The molecule has 0 aromatic carbocycles. The molecule has 4 aliphatic rings. The predicted octanol–water partition coefficient (Wildman–Crippen LogP) is 3.32. The van der Waals surface area contributed by atoms with E-state index in [1.165, 1.54) is 78.0 Å². The lowest BCUT2D eigenvalue weighted by molar-refractivity contribution is -0.146. The third-order valence-electron chi connectivity index (χ3n) is 7.36. The molecule has 1 saturated carbocycles. The first-order valence-corrected chi connectivity index (χ1v) is 11.6. The van der Waals surface area contributed by atoms with Crippen LogP contribution in [0.5, 0.6) is 0 Å². The molecule has 0 atom stereocenters. The third-order valence-corrected chi connectivity index (χ3v) is 7.36. The normalized spacial score (nSPS) is 33.1. The minimum Gasteiger partial charge on any atom is -0.373 e. The summed E-state index contributed by atoms with van der Waals surface area (Å²) in [6, 6.07) is 0.727. The standard InChI is InChI=1S/C23H43N3O/c1-18(2)26-8-6-19(7-9-26)12-24-14-23(15-24)16-25(17-23)13-20-10-21(11-20)27-22(3,4)5/h18-21H,6-17H2,1-5H3. The van der Waals surface area contributed by atoms with Crippen molar-refractivity contribution < 1.29 is 4.74 Å². The molecule has 0 unspecified atom stereocenters. The van der Waals surface area contributed by atoms with Crippen molar-refractivity contribution in [3.05, 3.63) is 0 Å². The maximum atomic E-state index is 6.09. The van der Waals surface area contributed by atoms with Crippen molar-refractivity contribution in [2.75, 3.05) is 52.4 Å². The van der Waals surface area contributed by atoms with Crippen LogP contribution in [0.15, 0.2) is 0 Å². The summed E-state index contributed by atoms with van der Waals surface area (Å²) >= 11 is 0. The summed E-state index contributed by atoms with van der Waals surface area (Å²) < 4.78 is 6.09. The molecule has 4 fully saturated rings. The lowest BCUT2D eigenvalue weighted by Gasteiger charge is -2.62. The van der Waals surface area contributed by atoms with Crippen molar-refractivity contribution in [3.8, 4) is 0 Å². The second kappa shape index (κ2) is 7.59. The Bertz CT molecular complexity index is 486. The van der Waals surface area contributed by atoms with Crippen LogP contribution in [0.4, 0.5) is 0 Å². The molecule has 0 amide bonds. The first kappa shape index (κ1) is 20.1. The molecule has 4 heteroatoms. The van der Waals surface area contributed by atoms with Gasteiger partial charge in [0.1, 0.15) is 0 Å². The van der Waals surface area contributed by atoms with Crippen LogP contribution < -0.4 is 0 Å². The summed E-state index contributed by atoms with van der Waals surface area (Å²) in [4.78, 5) is 8.12. The van der Waals surface area contributed by atoms with Crippen LogP contribution in [0.3, 0.4) is 0 Å². The molecule has 1 aliphatic carbocycles. The van der Waals surface area contributed by atoms with E-state index in [0.29, 0.717) is 11.5 Å². The summed E-state index contributed by atoms with van der Waals surface area (Å²) in [5.41, 5.74) is 0.695. The number of rotatable bonds is 6. The molecule has 1 spiro atoms. The second-order valence-electron chi connectivity index (χ2n) is 11.6. The molecule has 0 bridgehead atoms. The quantitative estimate of drug-likeness (QED) is 0.707. The van der Waals surface area contributed by atoms with Gasteiger partial charge in [0.15, 0.2) is 0 Å². The van der Waals surface area contributed by atoms with E-state index in [1.807, 2.05) is 0 Å². The minimum absolute atomic E-state index is 0.0250. The van der Waals surface area contributed by atoms with E-state index in [1.54, 1.807) is 0 Å². The number of piperidine rings is 1. The molecule has 3 heterocycles. The van der Waals surface area contributed by atoms with E-state index in [-0.39, 0.29) is 5.60 Å². The highest BCUT2D eigenvalue weighted by molar-refractivity contribution is 5.06. The SMILES string of the molecule is CC(C)N1CCC(CN2CC3(C2)CN(CC2CC(OC(C)(C)C)C2)C3)CC1. The van der Waals surface area contributed by atoms with Gasteiger partial charge in [-0.05, 0) is 85.2 Å². The molecule has 156 valence electrons. The Labute approximate surface area is 167 Å². The largest absolute Gasteiger partial charge is 0.373 e. The van der Waals surface area contributed by atoms with Crippen molar-refractivity contribution in [2.45, 2.75) is 78.0 Å². The van der Waals surface area contributed by atoms with E-state index in [2.05, 4.69) is 49.3 Å². The zero-order valence-corrected chi connectivity index (χ0v) is 18.5. The van der Waals surface area contributed by atoms with E-state index in [4.69, 9.17) is 4.74 Å². The Morgan fingerprint density at radius 3 is 1.89 bits per heavy atom. The lowest BCUT2D eigenvalue weighted by Crippen LogP contribution is -2.72. The van der Waals surface area contributed by atoms with E-state index < -0.39 is 0 Å². The molecule has 0 radical (unpaired) electrons. The molecule has 0 N–H and O–H groups in total. The number of likely N-dealkylation sites (tertiary alicyclic amines) is 3. The molecule has 27 heavy (non-hydrogen) atoms. The number of hydrogen-bond acceptors (Lipinski definition) is 4. The van der Waals surface area contributed by atoms with Crippen molar-refractivity contribution >= 4 is 0 Å². The van der Waals surface area contributed by atoms with Crippen molar-refractivity contribution in [2.24, 2.45) is 17.3 Å². The van der Waals surface area contributed by atoms with Gasteiger partial charge in [-0.2, -0.15) is 0 Å². The van der Waals surface area contributed by atoms with Gasteiger partial charge in [-0.3, -0.25) is 0 Å². The fraction of sp³-hybridized carbons (Fsp3) is 1.00. The maximum Gasteiger partial charge on any atom is 0.0602 e. The summed E-state index contributed by atoms with van der Waals surface area (Å²) in [7, 11) is 0. The summed E-state index contributed by atoms with van der Waals surface area (Å²) in [6.07, 6.45) is 5.90. The van der Waals surface area contributed by atoms with Gasteiger partial charge < -0.3 is 19.4 Å². The van der Waals surface area contributed by atoms with Crippen molar-refractivity contribution in [1.82, 2.24) is 14.7 Å². The van der Waals surface area contributed by atoms with E-state index >= 15 is 0 Å². The highest BCUT2D eigenvalue weighted by atomic mass is 16.5. The van der Waals surface area contributed by atoms with E-state index in [9.17, 15) is 0 Å². The van der Waals surface area contributed by atoms with Crippen LogP contribution >= 0.6 is 0 Å². The van der Waals surface area contributed by atoms with E-state index in [0.717, 1.165) is 17.9 Å². The fourth-order valence-corrected chi connectivity index (χ4v) is 6.06. The Hall–Kier alpha value is -0.160. The molecule has 4 rings (SSSR count). The number of hydrogen-bond donors (Lipinski definition) is 0. The van der Waals surface area contributed by atoms with Gasteiger partial charge in [-0.15, -0.1) is 0 Å². The highest BCUT2D eigenvalue weighted by Gasteiger charge is 2.52. The Kier molecular flexibility index (Phi) is 5.66. The van der Waals surface area contributed by atoms with Gasteiger partial charge in [0.25, 0.3) is 0 Å². The zero-order valence-electron chi connectivity index (χ0n) is 18.5. The van der Waals surface area contributed by atoms with Gasteiger partial charge in [-0.1, -0.05) is 0 Å². The van der Waals surface area contributed by atoms with Crippen molar-refractivity contribution in [3.63, 3.8) is 0 Å². The minimum atomic E-state index is 0.0250. The second-order valence-corrected chi connectivity index (χ2v) is 11.6. The number of nitrogens with zero attached hydrogens (tertiary/aromatic N) is 3. The van der Waals surface area contributed by atoms with Crippen molar-refractivity contribution in [1.29, 1.82) is 0 Å². The van der Waals surface area contributed by atoms with Crippen LogP contribution in [0, 0.1) is 17.3 Å². The van der Waals surface area contributed by atoms with Crippen LogP contribution in [0.1, 0.15) is 60.3 Å². The monoisotopic (exact) mass is 377 g/mol. The van der Waals surface area contributed by atoms with Crippen LogP contribution in [0.25, 0.3) is 0 Å². The fourth-order valence-electron chi connectivity index (χ4n) is 6.06. The van der Waals surface area contributed by atoms with Gasteiger partial charge in [0, 0.05) is 50.7 Å². The third kappa shape index (κ3) is 4.88. The smallest absolute Gasteiger partial charge is 0.0602 e. The van der Waals surface area contributed by atoms with Gasteiger partial charge in [0.05, 0.1) is 11.7 Å². The first-order valence-electron chi connectivity index (χ1n) is 11.6. The van der Waals surface area contributed by atoms with Crippen LogP contribution in [0.2, 0.25) is 0 Å². The predicted molar refractivity (Wildman–Crippen MR) is 112 cm³/mol. The van der Waals surface area contributed by atoms with Crippen LogP contribution in [-0.4, -0.2) is 84.8 Å². The summed E-state index contributed by atoms with van der Waals surface area (Å²) in [5.74, 6) is 1.83. The first-order chi connectivity index (χ1) is 12.7. The molecule has 0 aromatic heterocycles. The molecule has 3 aliphatic heterocycles. The Balaban J connectivity index is 1.07. The maximum absolute atomic E-state index is 6.09.